The van der Waals surface area contributed by atoms with Crippen molar-refractivity contribution in [2.45, 2.75) is 118 Å². The SMILES string of the molecule is C=C(C)[C@@H]1CC[C@]2(C(=O)OCc3ccccc3)CC[C@]3(C)[C@H](CC[C@@H]4[C@@]5(C)Cc6cn(CC)nc6[C@@](C)(CO)[C@@H]5CC[C@]43C)[C@@H]12. The molecule has 1 heterocycles. The molecule has 0 unspecified atom stereocenters. The molecule has 4 saturated carbocycles. The molecule has 10 atom stereocenters. The van der Waals surface area contributed by atoms with E-state index in [0.717, 1.165) is 62.7 Å². The number of esters is 1. The van der Waals surface area contributed by atoms with Crippen LogP contribution in [0.5, 0.6) is 0 Å². The van der Waals surface area contributed by atoms with Gasteiger partial charge in [0.05, 0.1) is 17.7 Å². The Morgan fingerprint density at radius 1 is 1.00 bits per heavy atom. The average molecular weight is 613 g/mol. The Kier molecular flexibility index (Phi) is 7.32. The van der Waals surface area contributed by atoms with E-state index in [1.54, 1.807) is 0 Å². The van der Waals surface area contributed by atoms with E-state index in [9.17, 15) is 9.90 Å². The zero-order valence-electron chi connectivity index (χ0n) is 28.7. The van der Waals surface area contributed by atoms with Gasteiger partial charge in [0.1, 0.15) is 6.61 Å². The number of aliphatic hydroxyl groups excluding tert-OH is 1. The van der Waals surface area contributed by atoms with E-state index in [4.69, 9.17) is 9.84 Å². The molecule has 4 fully saturated rings. The minimum absolute atomic E-state index is 0.0385. The molecular weight excluding hydrogens is 556 g/mol. The van der Waals surface area contributed by atoms with Gasteiger partial charge in [0.2, 0.25) is 0 Å². The van der Waals surface area contributed by atoms with Crippen molar-refractivity contribution in [2.75, 3.05) is 6.61 Å². The summed E-state index contributed by atoms with van der Waals surface area (Å²) in [6.45, 7) is 20.4. The number of aliphatic hydroxyl groups is 1. The summed E-state index contributed by atoms with van der Waals surface area (Å²) in [5.41, 5.74) is 4.48. The van der Waals surface area contributed by atoms with Crippen molar-refractivity contribution >= 4 is 5.97 Å². The van der Waals surface area contributed by atoms with Crippen LogP contribution in [0, 0.1) is 51.2 Å². The maximum absolute atomic E-state index is 14.3. The molecule has 0 amide bonds. The summed E-state index contributed by atoms with van der Waals surface area (Å²) < 4.78 is 8.30. The first-order chi connectivity index (χ1) is 21.4. The van der Waals surface area contributed by atoms with Crippen molar-refractivity contribution in [1.82, 2.24) is 9.78 Å². The lowest BCUT2D eigenvalue weighted by atomic mass is 9.32. The minimum Gasteiger partial charge on any atom is -0.460 e. The van der Waals surface area contributed by atoms with Gasteiger partial charge in [-0.1, -0.05) is 70.2 Å². The Morgan fingerprint density at radius 3 is 2.44 bits per heavy atom. The highest BCUT2D eigenvalue weighted by atomic mass is 16.5. The molecule has 0 radical (unpaired) electrons. The fourth-order valence-corrected chi connectivity index (χ4v) is 13.0. The summed E-state index contributed by atoms with van der Waals surface area (Å²) in [6, 6.07) is 10.1. The number of fused-ring (bicyclic) bond motifs is 8. The zero-order valence-corrected chi connectivity index (χ0v) is 28.7. The van der Waals surface area contributed by atoms with E-state index in [-0.39, 0.29) is 34.2 Å². The molecule has 1 aromatic heterocycles. The first-order valence-electron chi connectivity index (χ1n) is 17.9. The number of benzene rings is 1. The van der Waals surface area contributed by atoms with E-state index in [0.29, 0.717) is 36.2 Å². The number of aromatic nitrogens is 2. The minimum atomic E-state index is -0.406. The number of aryl methyl sites for hydroxylation is 1. The Bertz CT molecular complexity index is 1480. The topological polar surface area (TPSA) is 64.4 Å². The molecule has 0 bridgehead atoms. The molecule has 5 aliphatic carbocycles. The van der Waals surface area contributed by atoms with Gasteiger partial charge in [0.15, 0.2) is 0 Å². The number of hydrogen-bond acceptors (Lipinski definition) is 4. The van der Waals surface area contributed by atoms with Gasteiger partial charge in [-0.25, -0.2) is 0 Å². The Hall–Kier alpha value is -2.40. The fraction of sp³-hybridized carbons (Fsp3) is 0.700. The molecule has 2 aromatic rings. The summed E-state index contributed by atoms with van der Waals surface area (Å²) in [5, 5.41) is 16.1. The zero-order chi connectivity index (χ0) is 32.0. The second kappa shape index (κ2) is 10.6. The normalized spacial score (nSPS) is 43.3. The summed E-state index contributed by atoms with van der Waals surface area (Å²) in [7, 11) is 0. The van der Waals surface area contributed by atoms with E-state index in [2.05, 4.69) is 59.0 Å². The lowest BCUT2D eigenvalue weighted by Gasteiger charge is -2.72. The van der Waals surface area contributed by atoms with Crippen LogP contribution >= 0.6 is 0 Å². The predicted molar refractivity (Wildman–Crippen MR) is 178 cm³/mol. The first-order valence-corrected chi connectivity index (χ1v) is 17.9. The van der Waals surface area contributed by atoms with E-state index >= 15 is 0 Å². The lowest BCUT2D eigenvalue weighted by Crippen LogP contribution is -2.67. The molecule has 0 spiro atoms. The molecule has 7 rings (SSSR count). The molecule has 1 N–H and O–H groups in total. The van der Waals surface area contributed by atoms with Gasteiger partial charge in [-0.05, 0) is 129 Å². The molecule has 5 nitrogen and oxygen atoms in total. The monoisotopic (exact) mass is 612 g/mol. The van der Waals surface area contributed by atoms with Crippen LogP contribution in [-0.2, 0) is 34.5 Å². The highest BCUT2D eigenvalue weighted by Crippen LogP contribution is 2.77. The van der Waals surface area contributed by atoms with Crippen molar-refractivity contribution in [1.29, 1.82) is 0 Å². The molecule has 1 aromatic carbocycles. The Labute approximate surface area is 271 Å². The number of ether oxygens (including phenoxy) is 1. The van der Waals surface area contributed by atoms with Gasteiger partial charge in [0, 0.05) is 18.2 Å². The molecule has 5 heteroatoms. The van der Waals surface area contributed by atoms with Gasteiger partial charge >= 0.3 is 5.97 Å². The third-order valence-corrected chi connectivity index (χ3v) is 15.3. The number of nitrogens with zero attached hydrogens (tertiary/aromatic N) is 2. The second-order valence-electron chi connectivity index (χ2n) is 17.0. The average Bonchev–Trinajstić information content (AvgIpc) is 3.63. The highest BCUT2D eigenvalue weighted by Gasteiger charge is 2.72. The van der Waals surface area contributed by atoms with Crippen LogP contribution in [0.25, 0.3) is 0 Å². The first kappa shape index (κ1) is 31.2. The largest absolute Gasteiger partial charge is 0.460 e. The molecule has 244 valence electrons. The van der Waals surface area contributed by atoms with Crippen molar-refractivity contribution in [3.8, 4) is 0 Å². The van der Waals surface area contributed by atoms with Gasteiger partial charge in [-0.2, -0.15) is 5.10 Å². The quantitative estimate of drug-likeness (QED) is 0.263. The van der Waals surface area contributed by atoms with E-state index in [1.807, 2.05) is 30.3 Å². The molecule has 5 aliphatic rings. The number of carbonyl (C=O) groups is 1. The molecule has 0 saturated heterocycles. The van der Waals surface area contributed by atoms with Crippen LogP contribution in [0.4, 0.5) is 0 Å². The van der Waals surface area contributed by atoms with Gasteiger partial charge in [-0.3, -0.25) is 9.48 Å². The lowest BCUT2D eigenvalue weighted by molar-refractivity contribution is -0.231. The maximum Gasteiger partial charge on any atom is 0.312 e. The summed E-state index contributed by atoms with van der Waals surface area (Å²) in [5.74, 6) is 2.16. The summed E-state index contributed by atoms with van der Waals surface area (Å²) >= 11 is 0. The molecule has 45 heavy (non-hydrogen) atoms. The van der Waals surface area contributed by atoms with Crippen molar-refractivity contribution < 1.29 is 14.6 Å². The van der Waals surface area contributed by atoms with Gasteiger partial charge in [-0.15, -0.1) is 0 Å². The third kappa shape index (κ3) is 4.14. The van der Waals surface area contributed by atoms with E-state index in [1.165, 1.54) is 24.0 Å². The molecule has 0 aliphatic heterocycles. The van der Waals surface area contributed by atoms with Crippen LogP contribution in [-0.4, -0.2) is 27.5 Å². The van der Waals surface area contributed by atoms with Crippen LogP contribution in [0.15, 0.2) is 48.7 Å². The van der Waals surface area contributed by atoms with Crippen LogP contribution in [0.3, 0.4) is 0 Å². The van der Waals surface area contributed by atoms with Crippen LogP contribution in [0.2, 0.25) is 0 Å². The molecular formula is C40H56N2O3. The Balaban J connectivity index is 1.24. The number of rotatable bonds is 6. The third-order valence-electron chi connectivity index (χ3n) is 15.3. The standard InChI is InChI=1S/C40H56N2O3/c1-8-42-23-28-22-36(4)31(37(5,25-43)34(28)41-42)17-18-39(7)32(36)15-14-30-33-29(26(2)3)16-19-40(33,21-20-38(30,39)6)35(44)45-24-27-12-10-9-11-13-27/h9-13,23,29-33,43H,2,8,14-22,24-25H2,1,3-7H3/t29-,30+,31+,32+,33+,36-,37-,38+,39+,40-/m0/s1. The summed E-state index contributed by atoms with van der Waals surface area (Å²) in [4.78, 5) is 14.3. The smallest absolute Gasteiger partial charge is 0.312 e. The predicted octanol–water partition coefficient (Wildman–Crippen LogP) is 8.29. The second-order valence-corrected chi connectivity index (χ2v) is 17.0. The van der Waals surface area contributed by atoms with E-state index < -0.39 is 5.41 Å². The van der Waals surface area contributed by atoms with Crippen LogP contribution in [0.1, 0.15) is 110 Å². The summed E-state index contributed by atoms with van der Waals surface area (Å²) in [6.07, 6.45) is 12.0. The highest BCUT2D eigenvalue weighted by molar-refractivity contribution is 5.78. The van der Waals surface area contributed by atoms with Gasteiger partial charge < -0.3 is 9.84 Å². The number of carbonyl (C=O) groups excluding carboxylic acids is 1. The number of allylic oxidation sites excluding steroid dienone is 1. The maximum atomic E-state index is 14.3. The number of hydrogen-bond donors (Lipinski definition) is 1. The Morgan fingerprint density at radius 2 is 1.76 bits per heavy atom. The van der Waals surface area contributed by atoms with Crippen molar-refractivity contribution in [3.63, 3.8) is 0 Å². The van der Waals surface area contributed by atoms with Crippen molar-refractivity contribution in [3.05, 3.63) is 65.5 Å². The van der Waals surface area contributed by atoms with Crippen LogP contribution < -0.4 is 0 Å². The van der Waals surface area contributed by atoms with Gasteiger partial charge in [0.25, 0.3) is 0 Å². The van der Waals surface area contributed by atoms with Crippen molar-refractivity contribution in [2.24, 2.45) is 51.2 Å². The fourth-order valence-electron chi connectivity index (χ4n) is 13.0.